The number of carbonyl (C=O) groups excluding carboxylic acids is 1. The molecule has 0 saturated heterocycles. The van der Waals surface area contributed by atoms with Crippen molar-refractivity contribution in [2.45, 2.75) is 6.54 Å². The number of amides is 1. The summed E-state index contributed by atoms with van der Waals surface area (Å²) in [7, 11) is 1.55. The quantitative estimate of drug-likeness (QED) is 0.841. The molecule has 2 rings (SSSR count). The SMILES string of the molecule is CN(Cc1cccc(Cl)c1)C(=O)c1ccc(F)cc1F. The number of benzene rings is 2. The fourth-order valence-corrected chi connectivity index (χ4v) is 2.06. The zero-order valence-corrected chi connectivity index (χ0v) is 11.5. The van der Waals surface area contributed by atoms with Crippen molar-refractivity contribution in [2.75, 3.05) is 7.05 Å². The molecule has 0 heterocycles. The van der Waals surface area contributed by atoms with E-state index in [0.29, 0.717) is 11.1 Å². The fourth-order valence-electron chi connectivity index (χ4n) is 1.85. The van der Waals surface area contributed by atoms with Crippen LogP contribution in [-0.4, -0.2) is 17.9 Å². The van der Waals surface area contributed by atoms with Gasteiger partial charge in [0.2, 0.25) is 0 Å². The molecule has 0 spiro atoms. The number of nitrogens with zero attached hydrogens (tertiary/aromatic N) is 1. The van der Waals surface area contributed by atoms with Crippen molar-refractivity contribution in [3.8, 4) is 0 Å². The van der Waals surface area contributed by atoms with Gasteiger partial charge in [-0.1, -0.05) is 23.7 Å². The van der Waals surface area contributed by atoms with E-state index in [4.69, 9.17) is 11.6 Å². The molecule has 0 bridgehead atoms. The average Bonchev–Trinajstić information content (AvgIpc) is 2.38. The monoisotopic (exact) mass is 295 g/mol. The highest BCUT2D eigenvalue weighted by molar-refractivity contribution is 6.30. The average molecular weight is 296 g/mol. The van der Waals surface area contributed by atoms with Gasteiger partial charge in [-0.05, 0) is 29.8 Å². The summed E-state index contributed by atoms with van der Waals surface area (Å²) >= 11 is 5.86. The molecule has 0 N–H and O–H groups in total. The molecule has 0 unspecified atom stereocenters. The number of halogens is 3. The molecule has 0 aliphatic rings. The first-order valence-corrected chi connectivity index (χ1v) is 6.30. The highest BCUT2D eigenvalue weighted by atomic mass is 35.5. The molecule has 5 heteroatoms. The van der Waals surface area contributed by atoms with Crippen LogP contribution in [0.4, 0.5) is 8.78 Å². The van der Waals surface area contributed by atoms with Gasteiger partial charge in [-0.25, -0.2) is 8.78 Å². The van der Waals surface area contributed by atoms with Crippen molar-refractivity contribution in [2.24, 2.45) is 0 Å². The summed E-state index contributed by atoms with van der Waals surface area (Å²) in [6.45, 7) is 0.288. The molecule has 0 atom stereocenters. The van der Waals surface area contributed by atoms with Crippen LogP contribution in [0.1, 0.15) is 15.9 Å². The first kappa shape index (κ1) is 14.5. The van der Waals surface area contributed by atoms with Crippen LogP contribution in [0.5, 0.6) is 0 Å². The van der Waals surface area contributed by atoms with E-state index < -0.39 is 17.5 Å². The second-order valence-corrected chi connectivity index (χ2v) is 4.85. The second kappa shape index (κ2) is 6.01. The Hall–Kier alpha value is -1.94. The summed E-state index contributed by atoms with van der Waals surface area (Å²) in [5.74, 6) is -2.09. The van der Waals surface area contributed by atoms with Crippen LogP contribution in [-0.2, 0) is 6.54 Å². The van der Waals surface area contributed by atoms with E-state index in [1.54, 1.807) is 25.2 Å². The Kier molecular flexibility index (Phi) is 4.35. The second-order valence-electron chi connectivity index (χ2n) is 4.42. The summed E-state index contributed by atoms with van der Waals surface area (Å²) in [6.07, 6.45) is 0. The molecule has 0 radical (unpaired) electrons. The molecule has 104 valence electrons. The number of carbonyl (C=O) groups is 1. The molecule has 0 aliphatic heterocycles. The van der Waals surface area contributed by atoms with Crippen LogP contribution < -0.4 is 0 Å². The first-order valence-electron chi connectivity index (χ1n) is 5.92. The maximum Gasteiger partial charge on any atom is 0.256 e. The van der Waals surface area contributed by atoms with Crippen LogP contribution in [0.25, 0.3) is 0 Å². The van der Waals surface area contributed by atoms with Gasteiger partial charge in [-0.2, -0.15) is 0 Å². The van der Waals surface area contributed by atoms with Gasteiger partial charge in [0.15, 0.2) is 0 Å². The van der Waals surface area contributed by atoms with Gasteiger partial charge >= 0.3 is 0 Å². The molecule has 0 fully saturated rings. The predicted molar refractivity (Wildman–Crippen MR) is 73.6 cm³/mol. The van der Waals surface area contributed by atoms with E-state index in [1.165, 1.54) is 4.90 Å². The van der Waals surface area contributed by atoms with E-state index >= 15 is 0 Å². The molecule has 20 heavy (non-hydrogen) atoms. The molecule has 1 amide bonds. The highest BCUT2D eigenvalue weighted by Crippen LogP contribution is 2.15. The molecular weight excluding hydrogens is 284 g/mol. The molecular formula is C15H12ClF2NO. The standard InChI is InChI=1S/C15H12ClF2NO/c1-19(9-10-3-2-4-11(16)7-10)15(20)13-6-5-12(17)8-14(13)18/h2-8H,9H2,1H3. The molecule has 0 saturated carbocycles. The topological polar surface area (TPSA) is 20.3 Å². The van der Waals surface area contributed by atoms with Crippen molar-refractivity contribution in [3.05, 3.63) is 70.2 Å². The third-order valence-electron chi connectivity index (χ3n) is 2.82. The normalized spacial score (nSPS) is 10.4. The van der Waals surface area contributed by atoms with Crippen molar-refractivity contribution >= 4 is 17.5 Å². The number of hydrogen-bond donors (Lipinski definition) is 0. The zero-order chi connectivity index (χ0) is 14.7. The number of rotatable bonds is 3. The lowest BCUT2D eigenvalue weighted by Crippen LogP contribution is -2.27. The smallest absolute Gasteiger partial charge is 0.256 e. The maximum atomic E-state index is 13.6. The summed E-state index contributed by atoms with van der Waals surface area (Å²) < 4.78 is 26.4. The van der Waals surface area contributed by atoms with Crippen molar-refractivity contribution in [3.63, 3.8) is 0 Å². The Balaban J connectivity index is 2.16. The Labute approximate surface area is 120 Å². The van der Waals surface area contributed by atoms with E-state index in [9.17, 15) is 13.6 Å². The highest BCUT2D eigenvalue weighted by Gasteiger charge is 2.16. The summed E-state index contributed by atoms with van der Waals surface area (Å²) in [4.78, 5) is 13.4. The van der Waals surface area contributed by atoms with Gasteiger partial charge in [-0.15, -0.1) is 0 Å². The van der Waals surface area contributed by atoms with E-state index in [2.05, 4.69) is 0 Å². The summed E-state index contributed by atoms with van der Waals surface area (Å²) in [6, 6.07) is 9.94. The molecule has 2 nitrogen and oxygen atoms in total. The van der Waals surface area contributed by atoms with Crippen LogP contribution in [0, 0.1) is 11.6 Å². The summed E-state index contributed by atoms with van der Waals surface area (Å²) in [5, 5.41) is 0.566. The Morgan fingerprint density at radius 2 is 1.95 bits per heavy atom. The minimum absolute atomic E-state index is 0.157. The summed E-state index contributed by atoms with van der Waals surface area (Å²) in [5.41, 5.74) is 0.673. The third-order valence-corrected chi connectivity index (χ3v) is 3.05. The molecule has 2 aromatic carbocycles. The Morgan fingerprint density at radius 1 is 1.20 bits per heavy atom. The van der Waals surface area contributed by atoms with Crippen molar-refractivity contribution < 1.29 is 13.6 Å². The Morgan fingerprint density at radius 3 is 2.60 bits per heavy atom. The fraction of sp³-hybridized carbons (Fsp3) is 0.133. The van der Waals surface area contributed by atoms with Gasteiger partial charge in [0.25, 0.3) is 5.91 Å². The maximum absolute atomic E-state index is 13.6. The van der Waals surface area contributed by atoms with Gasteiger partial charge in [0, 0.05) is 24.7 Å². The largest absolute Gasteiger partial charge is 0.337 e. The lowest BCUT2D eigenvalue weighted by molar-refractivity contribution is 0.0780. The lowest BCUT2D eigenvalue weighted by Gasteiger charge is -2.17. The predicted octanol–water partition coefficient (Wildman–Crippen LogP) is 3.89. The van der Waals surface area contributed by atoms with Crippen LogP contribution >= 0.6 is 11.6 Å². The van der Waals surface area contributed by atoms with E-state index in [-0.39, 0.29) is 12.1 Å². The van der Waals surface area contributed by atoms with Gasteiger partial charge < -0.3 is 4.90 Å². The zero-order valence-electron chi connectivity index (χ0n) is 10.7. The Bertz CT molecular complexity index is 646. The van der Waals surface area contributed by atoms with Gasteiger partial charge in [-0.3, -0.25) is 4.79 Å². The third kappa shape index (κ3) is 3.33. The van der Waals surface area contributed by atoms with Crippen LogP contribution in [0.2, 0.25) is 5.02 Å². The minimum atomic E-state index is -0.868. The lowest BCUT2D eigenvalue weighted by atomic mass is 10.1. The van der Waals surface area contributed by atoms with E-state index in [0.717, 1.165) is 17.7 Å². The first-order chi connectivity index (χ1) is 9.47. The molecule has 0 aliphatic carbocycles. The van der Waals surface area contributed by atoms with Gasteiger partial charge in [0.05, 0.1) is 5.56 Å². The van der Waals surface area contributed by atoms with Crippen molar-refractivity contribution in [1.82, 2.24) is 4.90 Å². The number of hydrogen-bond acceptors (Lipinski definition) is 1. The molecule has 0 aromatic heterocycles. The molecule has 2 aromatic rings. The van der Waals surface area contributed by atoms with Gasteiger partial charge in [0.1, 0.15) is 11.6 Å². The van der Waals surface area contributed by atoms with Crippen molar-refractivity contribution in [1.29, 1.82) is 0 Å². The van der Waals surface area contributed by atoms with E-state index in [1.807, 2.05) is 6.07 Å². The van der Waals surface area contributed by atoms with Crippen LogP contribution in [0.3, 0.4) is 0 Å². The van der Waals surface area contributed by atoms with Crippen LogP contribution in [0.15, 0.2) is 42.5 Å². The minimum Gasteiger partial charge on any atom is -0.337 e.